The number of carbonyl (C=O) groups is 1. The fourth-order valence-corrected chi connectivity index (χ4v) is 3.93. The molecule has 0 unspecified atom stereocenters. The molecule has 0 radical (unpaired) electrons. The molecule has 0 heterocycles. The number of hydrogen-bond acceptors (Lipinski definition) is 2. The zero-order valence-electron chi connectivity index (χ0n) is 15.8. The molecule has 0 saturated carbocycles. The van der Waals surface area contributed by atoms with Gasteiger partial charge >= 0.3 is 5.97 Å². The second-order valence-corrected chi connectivity index (χ2v) is 7.22. The highest BCUT2D eigenvalue weighted by Gasteiger charge is 2.23. The molecular weight excluding hydrogens is 336 g/mol. The first kappa shape index (κ1) is 19.4. The van der Waals surface area contributed by atoms with Crippen molar-refractivity contribution in [2.75, 3.05) is 6.61 Å². The van der Waals surface area contributed by atoms with Gasteiger partial charge in [0.25, 0.3) is 0 Å². The van der Waals surface area contributed by atoms with Crippen molar-refractivity contribution in [2.24, 2.45) is 0 Å². The second-order valence-electron chi connectivity index (χ2n) is 7.22. The molecule has 0 amide bonds. The van der Waals surface area contributed by atoms with Crippen LogP contribution in [0.1, 0.15) is 61.6 Å². The molecule has 2 N–H and O–H groups in total. The van der Waals surface area contributed by atoms with Crippen molar-refractivity contribution in [3.05, 3.63) is 65.2 Å². The number of benzene rings is 2. The van der Waals surface area contributed by atoms with Crippen molar-refractivity contribution in [1.29, 1.82) is 0 Å². The largest absolute Gasteiger partial charge is 0.478 e. The summed E-state index contributed by atoms with van der Waals surface area (Å²) in [6.07, 6.45) is 9.84. The van der Waals surface area contributed by atoms with Gasteiger partial charge in [-0.25, -0.2) is 4.79 Å². The molecule has 1 aliphatic carbocycles. The van der Waals surface area contributed by atoms with Crippen molar-refractivity contribution in [2.45, 2.75) is 51.4 Å². The zero-order valence-corrected chi connectivity index (χ0v) is 15.8. The van der Waals surface area contributed by atoms with E-state index in [2.05, 4.69) is 18.2 Å². The lowest BCUT2D eigenvalue weighted by Gasteiger charge is -2.10. The van der Waals surface area contributed by atoms with Gasteiger partial charge in [-0.3, -0.25) is 0 Å². The highest BCUT2D eigenvalue weighted by Crippen LogP contribution is 2.40. The van der Waals surface area contributed by atoms with Crippen LogP contribution in [-0.2, 0) is 11.2 Å². The molecular formula is C24H28O3. The van der Waals surface area contributed by atoms with E-state index in [1.807, 2.05) is 30.3 Å². The van der Waals surface area contributed by atoms with Crippen molar-refractivity contribution in [1.82, 2.24) is 0 Å². The summed E-state index contributed by atoms with van der Waals surface area (Å²) in [6.45, 7) is 0.274. The molecule has 0 saturated heterocycles. The fraction of sp³-hybridized carbons (Fsp3) is 0.375. The molecule has 3 nitrogen and oxygen atoms in total. The predicted molar refractivity (Wildman–Crippen MR) is 110 cm³/mol. The van der Waals surface area contributed by atoms with E-state index in [-0.39, 0.29) is 6.61 Å². The van der Waals surface area contributed by atoms with Crippen molar-refractivity contribution < 1.29 is 15.0 Å². The summed E-state index contributed by atoms with van der Waals surface area (Å²) in [5.74, 6) is -0.845. The van der Waals surface area contributed by atoms with Crippen LogP contribution >= 0.6 is 0 Å². The Kier molecular flexibility index (Phi) is 6.83. The van der Waals surface area contributed by atoms with Crippen LogP contribution in [-0.4, -0.2) is 22.8 Å². The van der Waals surface area contributed by atoms with Crippen LogP contribution in [0.15, 0.2) is 48.5 Å². The number of aliphatic hydroxyl groups is 1. The molecule has 0 bridgehead atoms. The lowest BCUT2D eigenvalue weighted by Crippen LogP contribution is -2.03. The monoisotopic (exact) mass is 364 g/mol. The van der Waals surface area contributed by atoms with E-state index >= 15 is 0 Å². The first-order valence-corrected chi connectivity index (χ1v) is 9.97. The molecule has 27 heavy (non-hydrogen) atoms. The minimum atomic E-state index is -0.845. The number of hydrogen-bond donors (Lipinski definition) is 2. The summed E-state index contributed by atoms with van der Waals surface area (Å²) in [7, 11) is 0. The smallest absolute Gasteiger partial charge is 0.335 e. The highest BCUT2D eigenvalue weighted by molar-refractivity contribution is 6.16. The Balaban J connectivity index is 1.69. The summed E-state index contributed by atoms with van der Waals surface area (Å²) < 4.78 is 0. The van der Waals surface area contributed by atoms with Gasteiger partial charge in [-0.15, -0.1) is 0 Å². The maximum absolute atomic E-state index is 11.9. The Labute approximate surface area is 161 Å². The molecule has 2 aromatic carbocycles. The van der Waals surface area contributed by atoms with E-state index in [1.165, 1.54) is 16.7 Å². The van der Waals surface area contributed by atoms with Crippen LogP contribution < -0.4 is 0 Å². The van der Waals surface area contributed by atoms with Gasteiger partial charge in [0, 0.05) is 6.61 Å². The Hall–Kier alpha value is -2.39. The summed E-state index contributed by atoms with van der Waals surface area (Å²) in [5.41, 5.74) is 6.09. The molecule has 3 rings (SSSR count). The van der Waals surface area contributed by atoms with E-state index in [9.17, 15) is 9.90 Å². The number of unbranched alkanes of at least 4 members (excludes halogenated alkanes) is 6. The molecule has 0 spiro atoms. The molecule has 0 atom stereocenters. The van der Waals surface area contributed by atoms with Crippen molar-refractivity contribution >= 4 is 11.5 Å². The third-order valence-corrected chi connectivity index (χ3v) is 5.33. The van der Waals surface area contributed by atoms with E-state index < -0.39 is 5.97 Å². The van der Waals surface area contributed by atoms with Gasteiger partial charge < -0.3 is 10.2 Å². The van der Waals surface area contributed by atoms with Crippen LogP contribution in [0.4, 0.5) is 0 Å². The van der Waals surface area contributed by atoms with E-state index in [0.717, 1.165) is 62.5 Å². The van der Waals surface area contributed by atoms with Crippen LogP contribution in [0.5, 0.6) is 0 Å². The van der Waals surface area contributed by atoms with Gasteiger partial charge in [0.1, 0.15) is 0 Å². The molecule has 3 heteroatoms. The van der Waals surface area contributed by atoms with Gasteiger partial charge in [-0.05, 0) is 53.5 Å². The van der Waals surface area contributed by atoms with Gasteiger partial charge in [-0.2, -0.15) is 0 Å². The van der Waals surface area contributed by atoms with E-state index in [1.54, 1.807) is 0 Å². The van der Waals surface area contributed by atoms with Gasteiger partial charge in [-0.1, -0.05) is 74.2 Å². The third kappa shape index (κ3) is 4.67. The summed E-state index contributed by atoms with van der Waals surface area (Å²) >= 11 is 0. The Morgan fingerprint density at radius 3 is 2.37 bits per heavy atom. The van der Waals surface area contributed by atoms with E-state index in [0.29, 0.717) is 5.57 Å². The lowest BCUT2D eigenvalue weighted by atomic mass is 9.94. The average molecular weight is 364 g/mol. The minimum Gasteiger partial charge on any atom is -0.478 e. The number of allylic oxidation sites excluding steroid dienone is 1. The Bertz CT molecular complexity index is 820. The van der Waals surface area contributed by atoms with Crippen LogP contribution in [0.2, 0.25) is 0 Å². The normalized spacial score (nSPS) is 12.7. The van der Waals surface area contributed by atoms with Crippen LogP contribution in [0, 0.1) is 0 Å². The molecule has 0 aliphatic heterocycles. The predicted octanol–water partition coefficient (Wildman–Crippen LogP) is 5.45. The van der Waals surface area contributed by atoms with Gasteiger partial charge in [0.2, 0.25) is 0 Å². The van der Waals surface area contributed by atoms with Gasteiger partial charge in [0.05, 0.1) is 5.57 Å². The standard InChI is InChI=1S/C24H28O3/c25-16-9-5-3-1-2-4-6-13-22(24(26)27)21-15-10-14-20-19-12-8-7-11-18(19)17-23(20)21/h7-8,10-15,25H,1-6,9,16-17H2,(H,26,27). The van der Waals surface area contributed by atoms with E-state index in [4.69, 9.17) is 5.11 Å². The molecule has 0 fully saturated rings. The first-order chi connectivity index (χ1) is 13.2. The number of aliphatic carboxylic acids is 1. The lowest BCUT2D eigenvalue weighted by molar-refractivity contribution is -0.130. The van der Waals surface area contributed by atoms with Crippen molar-refractivity contribution in [3.63, 3.8) is 0 Å². The maximum atomic E-state index is 11.9. The molecule has 142 valence electrons. The molecule has 2 aromatic rings. The molecule has 1 aliphatic rings. The third-order valence-electron chi connectivity index (χ3n) is 5.33. The second kappa shape index (κ2) is 9.52. The highest BCUT2D eigenvalue weighted by atomic mass is 16.4. The number of carboxylic acid groups (broad SMARTS) is 1. The topological polar surface area (TPSA) is 57.5 Å². The average Bonchev–Trinajstić information content (AvgIpc) is 3.06. The van der Waals surface area contributed by atoms with Gasteiger partial charge in [0.15, 0.2) is 0 Å². The first-order valence-electron chi connectivity index (χ1n) is 9.97. The number of aliphatic hydroxyl groups excluding tert-OH is 1. The van der Waals surface area contributed by atoms with Crippen LogP contribution in [0.25, 0.3) is 16.7 Å². The zero-order chi connectivity index (χ0) is 19.1. The number of rotatable bonds is 10. The summed E-state index contributed by atoms with van der Waals surface area (Å²) in [4.78, 5) is 11.9. The number of fused-ring (bicyclic) bond motifs is 3. The summed E-state index contributed by atoms with van der Waals surface area (Å²) in [5, 5.41) is 18.6. The van der Waals surface area contributed by atoms with Crippen LogP contribution in [0.3, 0.4) is 0 Å². The Morgan fingerprint density at radius 1 is 0.889 bits per heavy atom. The quantitative estimate of drug-likeness (QED) is 0.371. The SMILES string of the molecule is O=C(O)C(=CCCCCCCCCO)c1cccc2c1Cc1ccccc1-2. The fourth-order valence-electron chi connectivity index (χ4n) is 3.93. The molecule has 0 aromatic heterocycles. The summed E-state index contributed by atoms with van der Waals surface area (Å²) in [6, 6.07) is 14.3. The maximum Gasteiger partial charge on any atom is 0.335 e. The minimum absolute atomic E-state index is 0.274. The number of carboxylic acids is 1. The Morgan fingerprint density at radius 2 is 1.59 bits per heavy atom. The van der Waals surface area contributed by atoms with Crippen molar-refractivity contribution in [3.8, 4) is 11.1 Å².